The molecular formula is C30H43N3O5S2. The number of carbonyl (C=O) groups excluding carboxylic acids is 1. The van der Waals surface area contributed by atoms with E-state index in [9.17, 15) is 13.2 Å². The Bertz CT molecular complexity index is 1280. The number of rotatable bonds is 9. The molecule has 2 saturated heterocycles. The molecule has 2 aromatic rings. The van der Waals surface area contributed by atoms with Crippen LogP contribution in [0.4, 0.5) is 0 Å². The number of hydrogen-bond donors (Lipinski definition) is 0. The summed E-state index contributed by atoms with van der Waals surface area (Å²) in [5, 5.41) is 0. The standard InChI is InChI=1S/C30H43N3O5S2/c1-22-15-26(37-3)16-23(2)30(22)40(35,36)33-13-8-5-9-25(33)20-38-21-29(34)32-14-10-28-24(18-32)17-27(39-28)19-31-11-6-4-7-12-31/h15-17,25H,4-14,18-21H2,1-3H3. The lowest BCUT2D eigenvalue weighted by molar-refractivity contribution is -0.137. The van der Waals surface area contributed by atoms with Gasteiger partial charge in [-0.1, -0.05) is 12.8 Å². The molecule has 0 radical (unpaired) electrons. The molecule has 2 fully saturated rings. The number of hydrogen-bond acceptors (Lipinski definition) is 7. The Morgan fingerprint density at radius 1 is 1.00 bits per heavy atom. The molecule has 8 nitrogen and oxygen atoms in total. The summed E-state index contributed by atoms with van der Waals surface area (Å²) in [7, 11) is -2.13. The first kappa shape index (κ1) is 29.5. The van der Waals surface area contributed by atoms with Gasteiger partial charge >= 0.3 is 0 Å². The number of likely N-dealkylation sites (tertiary alicyclic amines) is 1. The first-order chi connectivity index (χ1) is 19.3. The number of aryl methyl sites for hydroxylation is 2. The van der Waals surface area contributed by atoms with Gasteiger partial charge in [-0.3, -0.25) is 9.69 Å². The lowest BCUT2D eigenvalue weighted by atomic mass is 10.1. The zero-order valence-electron chi connectivity index (χ0n) is 24.1. The third-order valence-electron chi connectivity index (χ3n) is 8.44. The maximum Gasteiger partial charge on any atom is 0.248 e. The summed E-state index contributed by atoms with van der Waals surface area (Å²) in [5.74, 6) is 0.623. The van der Waals surface area contributed by atoms with Gasteiger partial charge in [-0.15, -0.1) is 11.3 Å². The van der Waals surface area contributed by atoms with Gasteiger partial charge in [0.1, 0.15) is 12.4 Å². The predicted molar refractivity (Wildman–Crippen MR) is 157 cm³/mol. The van der Waals surface area contributed by atoms with E-state index >= 15 is 0 Å². The van der Waals surface area contributed by atoms with Crippen molar-refractivity contribution in [1.82, 2.24) is 14.1 Å². The summed E-state index contributed by atoms with van der Waals surface area (Å²) in [6.07, 6.45) is 7.30. The van der Waals surface area contributed by atoms with Crippen LogP contribution >= 0.6 is 11.3 Å². The predicted octanol–water partition coefficient (Wildman–Crippen LogP) is 4.50. The number of sulfonamides is 1. The monoisotopic (exact) mass is 589 g/mol. The summed E-state index contributed by atoms with van der Waals surface area (Å²) in [6.45, 7) is 9.00. The van der Waals surface area contributed by atoms with Crippen LogP contribution in [-0.2, 0) is 39.1 Å². The zero-order valence-corrected chi connectivity index (χ0v) is 25.7. The highest BCUT2D eigenvalue weighted by atomic mass is 32.2. The fourth-order valence-corrected chi connectivity index (χ4v) is 9.71. The normalized spacial score (nSPS) is 20.9. The van der Waals surface area contributed by atoms with Gasteiger partial charge < -0.3 is 14.4 Å². The Balaban J connectivity index is 1.17. The number of piperidine rings is 2. The number of nitrogens with zero attached hydrogens (tertiary/aromatic N) is 3. The molecule has 3 aliphatic rings. The third-order valence-corrected chi connectivity index (χ3v) is 11.9. The Morgan fingerprint density at radius 3 is 2.45 bits per heavy atom. The SMILES string of the molecule is COc1cc(C)c(S(=O)(=O)N2CCCCC2COCC(=O)N2CCc3sc(CN4CCCCC4)cc3C2)c(C)c1. The molecule has 1 unspecified atom stereocenters. The molecule has 0 N–H and O–H groups in total. The Labute approximate surface area is 243 Å². The number of benzene rings is 1. The topological polar surface area (TPSA) is 79.4 Å². The molecule has 1 aromatic heterocycles. The van der Waals surface area contributed by atoms with E-state index in [0.717, 1.165) is 32.2 Å². The molecule has 0 spiro atoms. The zero-order chi connectivity index (χ0) is 28.3. The molecular weight excluding hydrogens is 546 g/mol. The van der Waals surface area contributed by atoms with E-state index in [0.29, 0.717) is 41.4 Å². The second-order valence-corrected chi connectivity index (χ2v) is 14.5. The van der Waals surface area contributed by atoms with Crippen LogP contribution in [0.15, 0.2) is 23.1 Å². The average Bonchev–Trinajstić information content (AvgIpc) is 3.34. The summed E-state index contributed by atoms with van der Waals surface area (Å²) in [6, 6.07) is 5.54. The molecule has 0 saturated carbocycles. The Kier molecular flexibility index (Phi) is 9.52. The molecule has 4 heterocycles. The molecule has 40 heavy (non-hydrogen) atoms. The van der Waals surface area contributed by atoms with Crippen LogP contribution in [0.1, 0.15) is 65.0 Å². The van der Waals surface area contributed by atoms with Gasteiger partial charge in [-0.05, 0) is 93.9 Å². The van der Waals surface area contributed by atoms with E-state index in [1.54, 1.807) is 23.5 Å². The lowest BCUT2D eigenvalue weighted by Gasteiger charge is -2.35. The number of fused-ring (bicyclic) bond motifs is 1. The first-order valence-electron chi connectivity index (χ1n) is 14.6. The highest BCUT2D eigenvalue weighted by molar-refractivity contribution is 7.89. The summed E-state index contributed by atoms with van der Waals surface area (Å²) >= 11 is 1.90. The van der Waals surface area contributed by atoms with Crippen molar-refractivity contribution in [3.63, 3.8) is 0 Å². The largest absolute Gasteiger partial charge is 0.497 e. The molecule has 1 atom stereocenters. The fraction of sp³-hybridized carbons (Fsp3) is 0.633. The summed E-state index contributed by atoms with van der Waals surface area (Å²) in [4.78, 5) is 20.7. The smallest absolute Gasteiger partial charge is 0.248 e. The number of amides is 1. The van der Waals surface area contributed by atoms with Crippen molar-refractivity contribution in [2.24, 2.45) is 0 Å². The van der Waals surface area contributed by atoms with Crippen molar-refractivity contribution >= 4 is 27.3 Å². The highest BCUT2D eigenvalue weighted by Crippen LogP contribution is 2.32. The molecule has 0 aliphatic carbocycles. The maximum atomic E-state index is 13.8. The Hall–Kier alpha value is -1.98. The minimum absolute atomic E-state index is 0.0227. The van der Waals surface area contributed by atoms with Gasteiger partial charge in [0.2, 0.25) is 15.9 Å². The second kappa shape index (κ2) is 12.9. The molecule has 10 heteroatoms. The van der Waals surface area contributed by atoms with Crippen LogP contribution in [0.5, 0.6) is 5.75 Å². The van der Waals surface area contributed by atoms with E-state index in [1.165, 1.54) is 47.7 Å². The molecule has 1 aromatic carbocycles. The quantitative estimate of drug-likeness (QED) is 0.429. The van der Waals surface area contributed by atoms with Crippen LogP contribution in [0.25, 0.3) is 0 Å². The van der Waals surface area contributed by atoms with Gasteiger partial charge in [-0.2, -0.15) is 4.31 Å². The highest BCUT2D eigenvalue weighted by Gasteiger charge is 2.36. The van der Waals surface area contributed by atoms with Crippen molar-refractivity contribution in [2.45, 2.75) is 82.8 Å². The van der Waals surface area contributed by atoms with Crippen LogP contribution in [0, 0.1) is 13.8 Å². The van der Waals surface area contributed by atoms with Crippen LogP contribution in [-0.4, -0.2) is 81.0 Å². The molecule has 5 rings (SSSR count). The van der Waals surface area contributed by atoms with E-state index in [1.807, 2.05) is 30.1 Å². The van der Waals surface area contributed by atoms with Crippen molar-refractivity contribution in [2.75, 3.05) is 46.5 Å². The molecule has 0 bridgehead atoms. The van der Waals surface area contributed by atoms with Crippen molar-refractivity contribution in [3.05, 3.63) is 44.6 Å². The summed E-state index contributed by atoms with van der Waals surface area (Å²) < 4.78 is 40.4. The average molecular weight is 590 g/mol. The molecule has 1 amide bonds. The van der Waals surface area contributed by atoms with Gasteiger partial charge in [0, 0.05) is 42.0 Å². The number of ether oxygens (including phenoxy) is 2. The first-order valence-corrected chi connectivity index (χ1v) is 16.9. The molecule has 3 aliphatic heterocycles. The van der Waals surface area contributed by atoms with Crippen LogP contribution in [0.2, 0.25) is 0 Å². The third kappa shape index (κ3) is 6.57. The van der Waals surface area contributed by atoms with E-state index in [2.05, 4.69) is 11.0 Å². The van der Waals surface area contributed by atoms with Gasteiger partial charge in [0.25, 0.3) is 0 Å². The second-order valence-electron chi connectivity index (χ2n) is 11.4. The minimum atomic E-state index is -3.71. The van der Waals surface area contributed by atoms with Gasteiger partial charge in [0.05, 0.1) is 18.6 Å². The van der Waals surface area contributed by atoms with Gasteiger partial charge in [-0.25, -0.2) is 8.42 Å². The fourth-order valence-electron chi connectivity index (χ4n) is 6.41. The Morgan fingerprint density at radius 2 is 1.73 bits per heavy atom. The van der Waals surface area contributed by atoms with E-state index in [-0.39, 0.29) is 25.2 Å². The van der Waals surface area contributed by atoms with Crippen molar-refractivity contribution in [3.8, 4) is 5.75 Å². The number of carbonyl (C=O) groups is 1. The van der Waals surface area contributed by atoms with Crippen LogP contribution < -0.4 is 4.74 Å². The van der Waals surface area contributed by atoms with Gasteiger partial charge in [0.15, 0.2) is 0 Å². The summed E-state index contributed by atoms with van der Waals surface area (Å²) in [5.41, 5.74) is 2.62. The molecule has 220 valence electrons. The van der Waals surface area contributed by atoms with Crippen LogP contribution in [0.3, 0.4) is 0 Å². The number of methoxy groups -OCH3 is 1. The number of thiophene rings is 1. The maximum absolute atomic E-state index is 13.8. The van der Waals surface area contributed by atoms with E-state index in [4.69, 9.17) is 9.47 Å². The minimum Gasteiger partial charge on any atom is -0.497 e. The lowest BCUT2D eigenvalue weighted by Crippen LogP contribution is -2.47. The van der Waals surface area contributed by atoms with Crippen molar-refractivity contribution in [1.29, 1.82) is 0 Å². The van der Waals surface area contributed by atoms with Crippen molar-refractivity contribution < 1.29 is 22.7 Å². The van der Waals surface area contributed by atoms with E-state index < -0.39 is 10.0 Å².